The van der Waals surface area contributed by atoms with E-state index in [4.69, 9.17) is 19.4 Å². The Morgan fingerprint density at radius 1 is 1.03 bits per heavy atom. The van der Waals surface area contributed by atoms with Gasteiger partial charge in [0.15, 0.2) is 0 Å². The first-order valence-electron chi connectivity index (χ1n) is 11.3. The summed E-state index contributed by atoms with van der Waals surface area (Å²) in [4.78, 5) is 26.5. The maximum Gasteiger partial charge on any atom is 0.322 e. The van der Waals surface area contributed by atoms with E-state index in [-0.39, 0.29) is 18.1 Å². The summed E-state index contributed by atoms with van der Waals surface area (Å²) >= 11 is 0. The van der Waals surface area contributed by atoms with Crippen LogP contribution in [0.1, 0.15) is 25.1 Å². The van der Waals surface area contributed by atoms with Gasteiger partial charge >= 0.3 is 6.03 Å². The van der Waals surface area contributed by atoms with Gasteiger partial charge in [-0.1, -0.05) is 12.1 Å². The van der Waals surface area contributed by atoms with Crippen LogP contribution in [0.4, 0.5) is 16.4 Å². The Balaban J connectivity index is 1.38. The van der Waals surface area contributed by atoms with Crippen LogP contribution >= 0.6 is 0 Å². The van der Waals surface area contributed by atoms with E-state index in [1.807, 2.05) is 36.1 Å². The second kappa shape index (κ2) is 9.01. The zero-order valence-corrected chi connectivity index (χ0v) is 18.6. The van der Waals surface area contributed by atoms with Crippen LogP contribution < -0.4 is 15.5 Å². The molecule has 2 aromatic rings. The zero-order chi connectivity index (χ0) is 22.1. The molecule has 2 atom stereocenters. The zero-order valence-electron chi connectivity index (χ0n) is 18.6. The average molecular weight is 439 g/mol. The molecule has 170 valence electrons. The number of carbonyl (C=O) groups is 1. The van der Waals surface area contributed by atoms with Crippen LogP contribution in [0.3, 0.4) is 0 Å². The average Bonchev–Trinajstić information content (AvgIpc) is 3.28. The topological polar surface area (TPSA) is 91.9 Å². The van der Waals surface area contributed by atoms with E-state index in [0.29, 0.717) is 33.0 Å². The number of nitrogens with one attached hydrogen (secondary N) is 2. The minimum absolute atomic E-state index is 0.0696. The summed E-state index contributed by atoms with van der Waals surface area (Å²) in [6.45, 7) is 9.57. The van der Waals surface area contributed by atoms with Crippen molar-refractivity contribution in [2.45, 2.75) is 39.0 Å². The van der Waals surface area contributed by atoms with Crippen molar-refractivity contribution in [3.05, 3.63) is 35.5 Å². The molecule has 9 nitrogen and oxygen atoms in total. The molecule has 9 heteroatoms. The van der Waals surface area contributed by atoms with Gasteiger partial charge < -0.3 is 29.9 Å². The van der Waals surface area contributed by atoms with Crippen molar-refractivity contribution >= 4 is 17.7 Å². The molecule has 0 saturated carbocycles. The van der Waals surface area contributed by atoms with Crippen molar-refractivity contribution in [2.24, 2.45) is 0 Å². The van der Waals surface area contributed by atoms with Gasteiger partial charge in [-0.05, 0) is 26.0 Å². The molecule has 32 heavy (non-hydrogen) atoms. The molecule has 1 aromatic carbocycles. The standard InChI is InChI=1S/C23H30N6O3/c1-15-13-31-9-7-28(15)22-26-20-12-24-11-19(20)21(27-22)17-3-5-18(6-4-17)25-23(30)29-8-10-32-14-16(29)2/h3-6,15-16,24H,7-14H2,1-2H3,(H,25,30). The minimum Gasteiger partial charge on any atom is -0.377 e. The largest absolute Gasteiger partial charge is 0.377 e. The molecule has 2 unspecified atom stereocenters. The van der Waals surface area contributed by atoms with Crippen LogP contribution in [0.2, 0.25) is 0 Å². The van der Waals surface area contributed by atoms with E-state index in [1.54, 1.807) is 0 Å². The van der Waals surface area contributed by atoms with Gasteiger partial charge in [-0.3, -0.25) is 0 Å². The van der Waals surface area contributed by atoms with Gasteiger partial charge in [-0.15, -0.1) is 0 Å². The summed E-state index contributed by atoms with van der Waals surface area (Å²) in [5.74, 6) is 0.761. The summed E-state index contributed by atoms with van der Waals surface area (Å²) in [7, 11) is 0. The molecule has 0 radical (unpaired) electrons. The Bertz CT molecular complexity index is 982. The van der Waals surface area contributed by atoms with E-state index in [0.717, 1.165) is 53.8 Å². The smallest absolute Gasteiger partial charge is 0.322 e. The van der Waals surface area contributed by atoms with Gasteiger partial charge in [0.05, 0.1) is 49.9 Å². The normalized spacial score (nSPS) is 23.2. The number of hydrogen-bond donors (Lipinski definition) is 2. The van der Waals surface area contributed by atoms with Crippen molar-refractivity contribution in [3.8, 4) is 11.3 Å². The molecular formula is C23H30N6O3. The van der Waals surface area contributed by atoms with E-state index in [2.05, 4.69) is 22.5 Å². The maximum absolute atomic E-state index is 12.7. The fourth-order valence-electron chi connectivity index (χ4n) is 4.48. The maximum atomic E-state index is 12.7. The third-order valence-corrected chi connectivity index (χ3v) is 6.34. The molecule has 1 aromatic heterocycles. The third-order valence-electron chi connectivity index (χ3n) is 6.34. The predicted molar refractivity (Wildman–Crippen MR) is 122 cm³/mol. The highest BCUT2D eigenvalue weighted by Gasteiger charge is 2.27. The van der Waals surface area contributed by atoms with Crippen molar-refractivity contribution in [3.63, 3.8) is 0 Å². The molecule has 3 aliphatic rings. The summed E-state index contributed by atoms with van der Waals surface area (Å²) in [5, 5.41) is 6.40. The molecule has 4 heterocycles. The Kier molecular flexibility index (Phi) is 5.95. The predicted octanol–water partition coefficient (Wildman–Crippen LogP) is 2.22. The number of anilines is 2. The third kappa shape index (κ3) is 4.15. The molecule has 0 spiro atoms. The molecule has 0 bridgehead atoms. The number of nitrogens with zero attached hydrogens (tertiary/aromatic N) is 4. The Hall–Kier alpha value is -2.75. The van der Waals surface area contributed by atoms with Crippen molar-refractivity contribution in [1.29, 1.82) is 0 Å². The number of morpholine rings is 2. The van der Waals surface area contributed by atoms with Crippen LogP contribution in [-0.4, -0.2) is 72.5 Å². The van der Waals surface area contributed by atoms with Gasteiger partial charge in [0.1, 0.15) is 0 Å². The highest BCUT2D eigenvalue weighted by molar-refractivity contribution is 5.90. The Morgan fingerprint density at radius 2 is 1.78 bits per heavy atom. The molecule has 2 amide bonds. The number of aromatic nitrogens is 2. The number of amides is 2. The molecule has 5 rings (SSSR count). The SMILES string of the molecule is CC1COCCN1C(=O)Nc1ccc(-c2nc(N3CCOCC3C)nc3c2CNC3)cc1. The molecule has 2 N–H and O–H groups in total. The molecule has 2 saturated heterocycles. The van der Waals surface area contributed by atoms with Gasteiger partial charge in [0, 0.05) is 43.0 Å². The van der Waals surface area contributed by atoms with Crippen LogP contribution in [-0.2, 0) is 22.6 Å². The molecule has 0 aliphatic carbocycles. The number of hydrogen-bond acceptors (Lipinski definition) is 7. The number of ether oxygens (including phenoxy) is 2. The van der Waals surface area contributed by atoms with Crippen molar-refractivity contribution < 1.29 is 14.3 Å². The first-order valence-corrected chi connectivity index (χ1v) is 11.3. The summed E-state index contributed by atoms with van der Waals surface area (Å²) in [6, 6.07) is 8.13. The lowest BCUT2D eigenvalue weighted by Crippen LogP contribution is -2.48. The summed E-state index contributed by atoms with van der Waals surface area (Å²) < 4.78 is 11.0. The fraction of sp³-hybridized carbons (Fsp3) is 0.522. The summed E-state index contributed by atoms with van der Waals surface area (Å²) in [6.07, 6.45) is 0. The number of carbonyl (C=O) groups excluding carboxylic acids is 1. The Morgan fingerprint density at radius 3 is 2.53 bits per heavy atom. The van der Waals surface area contributed by atoms with Crippen LogP contribution in [0, 0.1) is 0 Å². The molecule has 3 aliphatic heterocycles. The fourth-order valence-corrected chi connectivity index (χ4v) is 4.48. The number of rotatable bonds is 3. The monoisotopic (exact) mass is 438 g/mol. The second-order valence-electron chi connectivity index (χ2n) is 8.64. The lowest BCUT2D eigenvalue weighted by atomic mass is 10.1. The number of urea groups is 1. The highest BCUT2D eigenvalue weighted by atomic mass is 16.5. The molecular weight excluding hydrogens is 408 g/mol. The van der Waals surface area contributed by atoms with Crippen LogP contribution in [0.25, 0.3) is 11.3 Å². The van der Waals surface area contributed by atoms with Gasteiger partial charge in [0.25, 0.3) is 0 Å². The van der Waals surface area contributed by atoms with E-state index < -0.39 is 0 Å². The summed E-state index contributed by atoms with van der Waals surface area (Å²) in [5.41, 5.74) is 4.94. The van der Waals surface area contributed by atoms with Gasteiger partial charge in [0.2, 0.25) is 5.95 Å². The lowest BCUT2D eigenvalue weighted by Gasteiger charge is -2.33. The van der Waals surface area contributed by atoms with Crippen molar-refractivity contribution in [1.82, 2.24) is 20.2 Å². The highest BCUT2D eigenvalue weighted by Crippen LogP contribution is 2.30. The minimum atomic E-state index is -0.0933. The first kappa shape index (κ1) is 21.1. The van der Waals surface area contributed by atoms with Gasteiger partial charge in [-0.2, -0.15) is 0 Å². The number of benzene rings is 1. The Labute approximate surface area is 188 Å². The molecule has 2 fully saturated rings. The quantitative estimate of drug-likeness (QED) is 0.759. The lowest BCUT2D eigenvalue weighted by molar-refractivity contribution is 0.0222. The van der Waals surface area contributed by atoms with E-state index >= 15 is 0 Å². The van der Waals surface area contributed by atoms with E-state index in [9.17, 15) is 4.79 Å². The van der Waals surface area contributed by atoms with Crippen molar-refractivity contribution in [2.75, 3.05) is 49.7 Å². The van der Waals surface area contributed by atoms with E-state index in [1.165, 1.54) is 0 Å². The van der Waals surface area contributed by atoms with Crippen LogP contribution in [0.5, 0.6) is 0 Å². The van der Waals surface area contributed by atoms with Crippen LogP contribution in [0.15, 0.2) is 24.3 Å². The first-order chi connectivity index (χ1) is 15.6. The van der Waals surface area contributed by atoms with Gasteiger partial charge in [-0.25, -0.2) is 14.8 Å². The second-order valence-corrected chi connectivity index (χ2v) is 8.64. The number of fused-ring (bicyclic) bond motifs is 1.